The van der Waals surface area contributed by atoms with Crippen molar-refractivity contribution in [3.63, 3.8) is 0 Å². The summed E-state index contributed by atoms with van der Waals surface area (Å²) >= 11 is 0. The number of carbonyl (C=O) groups is 1. The van der Waals surface area contributed by atoms with Gasteiger partial charge in [0.2, 0.25) is 0 Å². The van der Waals surface area contributed by atoms with E-state index in [0.29, 0.717) is 26.2 Å². The van der Waals surface area contributed by atoms with Crippen LogP contribution in [0.2, 0.25) is 0 Å². The highest BCUT2D eigenvalue weighted by Gasteiger charge is 2.24. The van der Waals surface area contributed by atoms with Crippen molar-refractivity contribution in [3.05, 3.63) is 0 Å². The maximum atomic E-state index is 11.7. The average molecular weight is 202 g/mol. The number of nitrogens with zero attached hydrogens (tertiary/aromatic N) is 2. The van der Waals surface area contributed by atoms with Crippen LogP contribution in [0, 0.1) is 0 Å². The average Bonchev–Trinajstić information content (AvgIpc) is 2.21. The van der Waals surface area contributed by atoms with Gasteiger partial charge < -0.3 is 10.0 Å². The normalized spacial score (nSPS) is 13.0. The van der Waals surface area contributed by atoms with Crippen molar-refractivity contribution >= 4 is 5.91 Å². The molecule has 0 aromatic heterocycles. The van der Waals surface area contributed by atoms with E-state index in [-0.39, 0.29) is 5.91 Å². The standard InChI is InChI=1S/C10H22N2O2/c1-5-11(6-2)9(13)10(14)12(7-3)8-4/h9,13H,5-8H2,1-4H3. The zero-order chi connectivity index (χ0) is 11.1. The largest absolute Gasteiger partial charge is 0.370 e. The Hall–Kier alpha value is -0.610. The molecule has 0 aromatic rings. The van der Waals surface area contributed by atoms with Crippen LogP contribution in [0.15, 0.2) is 0 Å². The van der Waals surface area contributed by atoms with E-state index >= 15 is 0 Å². The van der Waals surface area contributed by atoms with Gasteiger partial charge in [0.1, 0.15) is 0 Å². The quantitative estimate of drug-likeness (QED) is 0.638. The van der Waals surface area contributed by atoms with E-state index in [2.05, 4.69) is 0 Å². The second kappa shape index (κ2) is 6.79. The predicted molar refractivity (Wildman–Crippen MR) is 56.9 cm³/mol. The minimum Gasteiger partial charge on any atom is -0.370 e. The van der Waals surface area contributed by atoms with Gasteiger partial charge in [-0.15, -0.1) is 0 Å². The van der Waals surface area contributed by atoms with Crippen molar-refractivity contribution in [2.24, 2.45) is 0 Å². The first-order valence-corrected chi connectivity index (χ1v) is 5.33. The molecular weight excluding hydrogens is 180 g/mol. The van der Waals surface area contributed by atoms with E-state index in [1.54, 1.807) is 9.80 Å². The van der Waals surface area contributed by atoms with E-state index in [1.807, 2.05) is 27.7 Å². The molecule has 14 heavy (non-hydrogen) atoms. The molecule has 84 valence electrons. The van der Waals surface area contributed by atoms with Gasteiger partial charge in [0, 0.05) is 13.1 Å². The van der Waals surface area contributed by atoms with Crippen LogP contribution in [0.4, 0.5) is 0 Å². The first-order chi connectivity index (χ1) is 6.62. The van der Waals surface area contributed by atoms with E-state index in [4.69, 9.17) is 0 Å². The van der Waals surface area contributed by atoms with E-state index < -0.39 is 6.23 Å². The SMILES string of the molecule is CCN(CC)C(=O)C(O)N(CC)CC. The topological polar surface area (TPSA) is 43.8 Å². The molecule has 0 saturated heterocycles. The number of carbonyl (C=O) groups excluding carboxylic acids is 1. The third-order valence-corrected chi connectivity index (χ3v) is 2.45. The molecule has 0 radical (unpaired) electrons. The summed E-state index contributed by atoms with van der Waals surface area (Å²) in [5, 5.41) is 9.74. The Morgan fingerprint density at radius 1 is 1.07 bits per heavy atom. The number of hydrogen-bond donors (Lipinski definition) is 1. The summed E-state index contributed by atoms with van der Waals surface area (Å²) in [5.41, 5.74) is 0. The third-order valence-electron chi connectivity index (χ3n) is 2.45. The Morgan fingerprint density at radius 3 is 1.79 bits per heavy atom. The zero-order valence-corrected chi connectivity index (χ0v) is 9.66. The van der Waals surface area contributed by atoms with Crippen LogP contribution >= 0.6 is 0 Å². The van der Waals surface area contributed by atoms with E-state index in [1.165, 1.54) is 0 Å². The molecule has 0 spiro atoms. The predicted octanol–water partition coefficient (Wildman–Crippen LogP) is 0.515. The summed E-state index contributed by atoms with van der Waals surface area (Å²) in [6, 6.07) is 0. The lowest BCUT2D eigenvalue weighted by atomic mass is 10.3. The third kappa shape index (κ3) is 3.27. The van der Waals surface area contributed by atoms with Crippen molar-refractivity contribution in [3.8, 4) is 0 Å². The molecule has 0 aromatic carbocycles. The molecule has 0 aliphatic rings. The number of likely N-dealkylation sites (N-methyl/N-ethyl adjacent to an activating group) is 2. The van der Waals surface area contributed by atoms with E-state index in [0.717, 1.165) is 0 Å². The smallest absolute Gasteiger partial charge is 0.266 e. The number of rotatable bonds is 6. The minimum atomic E-state index is -0.982. The van der Waals surface area contributed by atoms with Crippen molar-refractivity contribution in [1.82, 2.24) is 9.80 Å². The number of hydrogen-bond acceptors (Lipinski definition) is 3. The Bertz CT molecular complexity index is 166. The molecule has 1 atom stereocenters. The second-order valence-corrected chi connectivity index (χ2v) is 3.11. The monoisotopic (exact) mass is 202 g/mol. The lowest BCUT2D eigenvalue weighted by Crippen LogP contribution is -2.48. The van der Waals surface area contributed by atoms with Crippen LogP contribution < -0.4 is 0 Å². The Balaban J connectivity index is 4.34. The molecule has 0 bridgehead atoms. The molecular formula is C10H22N2O2. The highest BCUT2D eigenvalue weighted by Crippen LogP contribution is 2.01. The minimum absolute atomic E-state index is 0.196. The molecule has 0 aliphatic carbocycles. The molecule has 0 rings (SSSR count). The fourth-order valence-corrected chi connectivity index (χ4v) is 1.42. The fourth-order valence-electron chi connectivity index (χ4n) is 1.42. The lowest BCUT2D eigenvalue weighted by molar-refractivity contribution is -0.150. The van der Waals surface area contributed by atoms with Gasteiger partial charge in [0.05, 0.1) is 0 Å². The molecule has 1 amide bonds. The summed E-state index contributed by atoms with van der Waals surface area (Å²) in [6.45, 7) is 10.4. The Kier molecular flexibility index (Phi) is 6.49. The van der Waals surface area contributed by atoms with Gasteiger partial charge >= 0.3 is 0 Å². The molecule has 1 N–H and O–H groups in total. The second-order valence-electron chi connectivity index (χ2n) is 3.11. The van der Waals surface area contributed by atoms with Crippen LogP contribution in [0.1, 0.15) is 27.7 Å². The summed E-state index contributed by atoms with van der Waals surface area (Å²) in [6.07, 6.45) is -0.982. The van der Waals surface area contributed by atoms with Crippen molar-refractivity contribution in [2.75, 3.05) is 26.2 Å². The lowest BCUT2D eigenvalue weighted by Gasteiger charge is -2.28. The number of amides is 1. The van der Waals surface area contributed by atoms with Crippen molar-refractivity contribution in [1.29, 1.82) is 0 Å². The number of aliphatic hydroxyl groups is 1. The molecule has 0 heterocycles. The van der Waals surface area contributed by atoms with Crippen molar-refractivity contribution < 1.29 is 9.90 Å². The molecule has 0 saturated carbocycles. The molecule has 1 unspecified atom stereocenters. The summed E-state index contributed by atoms with van der Waals surface area (Å²) < 4.78 is 0. The number of aliphatic hydroxyl groups excluding tert-OH is 1. The Morgan fingerprint density at radius 2 is 1.50 bits per heavy atom. The van der Waals surface area contributed by atoms with Crippen molar-refractivity contribution in [2.45, 2.75) is 33.9 Å². The Labute approximate surface area is 86.5 Å². The first-order valence-electron chi connectivity index (χ1n) is 5.33. The van der Waals surface area contributed by atoms with E-state index in [9.17, 15) is 9.90 Å². The van der Waals surface area contributed by atoms with Crippen LogP contribution in [-0.4, -0.2) is 53.2 Å². The zero-order valence-electron chi connectivity index (χ0n) is 9.66. The molecule has 0 aliphatic heterocycles. The van der Waals surface area contributed by atoms with Gasteiger partial charge in [0.25, 0.3) is 5.91 Å². The summed E-state index contributed by atoms with van der Waals surface area (Å²) in [7, 11) is 0. The molecule has 4 nitrogen and oxygen atoms in total. The highest BCUT2D eigenvalue weighted by atomic mass is 16.3. The first kappa shape index (κ1) is 13.4. The van der Waals surface area contributed by atoms with Crippen LogP contribution in [-0.2, 0) is 4.79 Å². The van der Waals surface area contributed by atoms with Gasteiger partial charge in [-0.2, -0.15) is 0 Å². The van der Waals surface area contributed by atoms with Crippen LogP contribution in [0.5, 0.6) is 0 Å². The fraction of sp³-hybridized carbons (Fsp3) is 0.900. The van der Waals surface area contributed by atoms with Crippen LogP contribution in [0.25, 0.3) is 0 Å². The maximum absolute atomic E-state index is 11.7. The maximum Gasteiger partial charge on any atom is 0.266 e. The molecule has 4 heteroatoms. The van der Waals surface area contributed by atoms with Gasteiger partial charge in [-0.05, 0) is 26.9 Å². The van der Waals surface area contributed by atoms with Crippen LogP contribution in [0.3, 0.4) is 0 Å². The summed E-state index contributed by atoms with van der Waals surface area (Å²) in [5.74, 6) is -0.196. The summed E-state index contributed by atoms with van der Waals surface area (Å²) in [4.78, 5) is 15.1. The molecule has 0 fully saturated rings. The van der Waals surface area contributed by atoms with Gasteiger partial charge in [-0.3, -0.25) is 9.69 Å². The highest BCUT2D eigenvalue weighted by molar-refractivity contribution is 5.80. The van der Waals surface area contributed by atoms with Gasteiger partial charge in [0.15, 0.2) is 6.23 Å². The van der Waals surface area contributed by atoms with Gasteiger partial charge in [-0.25, -0.2) is 0 Å². The van der Waals surface area contributed by atoms with Gasteiger partial charge in [-0.1, -0.05) is 13.8 Å².